The fraction of sp³-hybridized carbons (Fsp3) is 0.194. The van der Waals surface area contributed by atoms with Crippen LogP contribution in [0.1, 0.15) is 60.6 Å². The standard InChI is InChI=1S/C36H29F3N10O6S2/c37-36(38,39)29-16-20(14-22(44-29)32(50)40-8-4-9-41-33(51)23-17-25(54-47-23)27-6-3-13-56-27)21-15-28(57-19-21)26-18-24(48-55-26)34(52)42-10-5-11-43-35(53)31-45-30-7-1-2-12-49(30)46-31/h1-3,6-7,12-19H,4-5,8-11H2,(H,40,50)(H,41,51)(H,42,52)(H,43,53). The molecule has 0 saturated heterocycles. The molecular weight excluding hydrogens is 790 g/mol. The van der Waals surface area contributed by atoms with E-state index in [1.807, 2.05) is 17.5 Å². The van der Waals surface area contributed by atoms with E-state index in [0.29, 0.717) is 28.3 Å². The van der Waals surface area contributed by atoms with Crippen molar-refractivity contribution in [2.75, 3.05) is 26.2 Å². The molecule has 0 aliphatic rings. The average Bonchev–Trinajstić information content (AvgIpc) is 4.05. The first kappa shape index (κ1) is 38.5. The van der Waals surface area contributed by atoms with Crippen molar-refractivity contribution in [1.82, 2.24) is 51.2 Å². The summed E-state index contributed by atoms with van der Waals surface area (Å²) in [6.07, 6.45) is -2.50. The maximum atomic E-state index is 13.9. The van der Waals surface area contributed by atoms with E-state index < -0.39 is 41.2 Å². The molecule has 4 amide bonds. The van der Waals surface area contributed by atoms with Crippen LogP contribution in [0, 0.1) is 0 Å². The Morgan fingerprint density at radius 1 is 0.667 bits per heavy atom. The zero-order valence-corrected chi connectivity index (χ0v) is 31.0. The van der Waals surface area contributed by atoms with E-state index in [-0.39, 0.29) is 61.1 Å². The van der Waals surface area contributed by atoms with Gasteiger partial charge in [0.15, 0.2) is 28.6 Å². The Labute approximate surface area is 327 Å². The number of rotatable bonds is 15. The van der Waals surface area contributed by atoms with Crippen LogP contribution in [0.3, 0.4) is 0 Å². The predicted molar refractivity (Wildman–Crippen MR) is 199 cm³/mol. The maximum Gasteiger partial charge on any atom is 0.433 e. The number of halogens is 3. The van der Waals surface area contributed by atoms with Gasteiger partial charge in [0.25, 0.3) is 23.6 Å². The number of nitrogens with zero attached hydrogens (tertiary/aromatic N) is 6. The summed E-state index contributed by atoms with van der Waals surface area (Å²) < 4.78 is 53.7. The number of fused-ring (bicyclic) bond motifs is 1. The summed E-state index contributed by atoms with van der Waals surface area (Å²) in [7, 11) is 0. The summed E-state index contributed by atoms with van der Waals surface area (Å²) in [5, 5.41) is 25.7. The van der Waals surface area contributed by atoms with Crippen LogP contribution in [0.15, 0.2) is 86.7 Å². The van der Waals surface area contributed by atoms with Gasteiger partial charge in [0.05, 0.1) is 9.75 Å². The smallest absolute Gasteiger partial charge is 0.355 e. The number of pyridine rings is 2. The van der Waals surface area contributed by atoms with E-state index in [9.17, 15) is 32.3 Å². The van der Waals surface area contributed by atoms with E-state index >= 15 is 0 Å². The maximum absolute atomic E-state index is 13.9. The third-order valence-corrected chi connectivity index (χ3v) is 9.90. The summed E-state index contributed by atoms with van der Waals surface area (Å²) in [5.74, 6) is -1.63. The first-order valence-corrected chi connectivity index (χ1v) is 18.9. The molecule has 0 bridgehead atoms. The highest BCUT2D eigenvalue weighted by atomic mass is 32.1. The lowest BCUT2D eigenvalue weighted by Gasteiger charge is -2.11. The van der Waals surface area contributed by atoms with Crippen LogP contribution in [0.4, 0.5) is 13.2 Å². The minimum atomic E-state index is -4.84. The second-order valence-electron chi connectivity index (χ2n) is 12.1. The third kappa shape index (κ3) is 9.39. The average molecular weight is 819 g/mol. The highest BCUT2D eigenvalue weighted by molar-refractivity contribution is 7.14. The molecule has 0 aliphatic heterocycles. The molecule has 0 unspecified atom stereocenters. The van der Waals surface area contributed by atoms with Crippen molar-refractivity contribution < 1.29 is 41.4 Å². The number of nitrogens with one attached hydrogen (secondary N) is 4. The van der Waals surface area contributed by atoms with Crippen LogP contribution < -0.4 is 21.3 Å². The van der Waals surface area contributed by atoms with Crippen molar-refractivity contribution >= 4 is 51.9 Å². The van der Waals surface area contributed by atoms with Crippen LogP contribution in [0.5, 0.6) is 0 Å². The monoisotopic (exact) mass is 818 g/mol. The second kappa shape index (κ2) is 17.0. The lowest BCUT2D eigenvalue weighted by atomic mass is 10.1. The molecule has 16 nitrogen and oxygen atoms in total. The normalized spacial score (nSPS) is 11.4. The molecule has 7 aromatic rings. The van der Waals surface area contributed by atoms with Gasteiger partial charge < -0.3 is 30.3 Å². The molecule has 0 radical (unpaired) electrons. The van der Waals surface area contributed by atoms with Crippen LogP contribution in [-0.4, -0.2) is 79.7 Å². The van der Waals surface area contributed by atoms with Gasteiger partial charge in [0.2, 0.25) is 5.82 Å². The van der Waals surface area contributed by atoms with Gasteiger partial charge >= 0.3 is 6.18 Å². The van der Waals surface area contributed by atoms with Gasteiger partial charge in [-0.2, -0.15) is 13.2 Å². The molecule has 0 aliphatic carbocycles. The molecule has 292 valence electrons. The van der Waals surface area contributed by atoms with Crippen molar-refractivity contribution in [3.8, 4) is 32.4 Å². The number of carbonyl (C=O) groups is 4. The van der Waals surface area contributed by atoms with Gasteiger partial charge in [-0.25, -0.2) is 14.5 Å². The molecule has 7 aromatic heterocycles. The first-order chi connectivity index (χ1) is 27.5. The van der Waals surface area contributed by atoms with Gasteiger partial charge in [-0.05, 0) is 71.1 Å². The molecule has 0 aromatic carbocycles. The zero-order chi connectivity index (χ0) is 39.9. The lowest BCUT2D eigenvalue weighted by molar-refractivity contribution is -0.141. The van der Waals surface area contributed by atoms with Crippen molar-refractivity contribution in [3.05, 3.63) is 106 Å². The SMILES string of the molecule is O=C(NCCCNC(=O)c1cc(-c2csc(-c3cc(C(=O)NCCCNC(=O)c4nc5ccccn5n4)no3)c2)cc(C(F)(F)F)n1)c1cc(-c2cccs2)on1. The Morgan fingerprint density at radius 2 is 1.30 bits per heavy atom. The lowest BCUT2D eigenvalue weighted by Crippen LogP contribution is -2.30. The Kier molecular flexibility index (Phi) is 11.5. The molecular formula is C36H29F3N10O6S2. The van der Waals surface area contributed by atoms with Gasteiger partial charge in [0.1, 0.15) is 11.4 Å². The fourth-order valence-corrected chi connectivity index (χ4v) is 6.79. The Morgan fingerprint density at radius 3 is 1.91 bits per heavy atom. The topological polar surface area (TPSA) is 212 Å². The van der Waals surface area contributed by atoms with Crippen molar-refractivity contribution in [2.24, 2.45) is 0 Å². The summed E-state index contributed by atoms with van der Waals surface area (Å²) in [5.41, 5.74) is -0.701. The van der Waals surface area contributed by atoms with Crippen LogP contribution in [0.2, 0.25) is 0 Å². The first-order valence-electron chi connectivity index (χ1n) is 17.1. The number of aromatic nitrogens is 6. The Bertz CT molecular complexity index is 2510. The van der Waals surface area contributed by atoms with E-state index in [1.54, 1.807) is 35.8 Å². The molecule has 57 heavy (non-hydrogen) atoms. The molecule has 0 saturated carbocycles. The Hall–Kier alpha value is -6.74. The quantitative estimate of drug-likeness (QED) is 0.0970. The molecule has 7 rings (SSSR count). The number of hydrogen-bond donors (Lipinski definition) is 4. The van der Waals surface area contributed by atoms with E-state index in [2.05, 4.69) is 46.6 Å². The predicted octanol–water partition coefficient (Wildman–Crippen LogP) is 5.34. The van der Waals surface area contributed by atoms with Crippen LogP contribution in [-0.2, 0) is 6.18 Å². The number of hydrogen-bond acceptors (Lipinski definition) is 13. The summed E-state index contributed by atoms with van der Waals surface area (Å²) >= 11 is 2.56. The van der Waals surface area contributed by atoms with E-state index in [0.717, 1.165) is 22.3 Å². The van der Waals surface area contributed by atoms with Gasteiger partial charge in [0, 0.05) is 44.5 Å². The minimum absolute atomic E-state index is 0.0214. The fourth-order valence-electron chi connectivity index (χ4n) is 5.25. The zero-order valence-electron chi connectivity index (χ0n) is 29.3. The Balaban J connectivity index is 0.898. The van der Waals surface area contributed by atoms with Crippen LogP contribution >= 0.6 is 22.7 Å². The highest BCUT2D eigenvalue weighted by Crippen LogP contribution is 2.36. The molecule has 21 heteroatoms. The highest BCUT2D eigenvalue weighted by Gasteiger charge is 2.34. The van der Waals surface area contributed by atoms with Gasteiger partial charge in [-0.15, -0.1) is 27.8 Å². The van der Waals surface area contributed by atoms with E-state index in [4.69, 9.17) is 9.05 Å². The van der Waals surface area contributed by atoms with Crippen molar-refractivity contribution in [3.63, 3.8) is 0 Å². The van der Waals surface area contributed by atoms with E-state index in [1.165, 1.54) is 34.1 Å². The van der Waals surface area contributed by atoms with Crippen LogP contribution in [0.25, 0.3) is 38.0 Å². The molecule has 0 spiro atoms. The minimum Gasteiger partial charge on any atom is -0.355 e. The summed E-state index contributed by atoms with van der Waals surface area (Å²) in [6, 6.07) is 15.5. The second-order valence-corrected chi connectivity index (χ2v) is 14.0. The largest absolute Gasteiger partial charge is 0.433 e. The number of thiophene rings is 2. The van der Waals surface area contributed by atoms with Gasteiger partial charge in [-0.3, -0.25) is 19.2 Å². The van der Waals surface area contributed by atoms with Gasteiger partial charge in [-0.1, -0.05) is 22.4 Å². The molecule has 4 N–H and O–H groups in total. The number of amides is 4. The summed E-state index contributed by atoms with van der Waals surface area (Å²) in [6.45, 7) is 0.635. The third-order valence-electron chi connectivity index (χ3n) is 8.07. The molecule has 0 fully saturated rings. The van der Waals surface area contributed by atoms with Crippen molar-refractivity contribution in [1.29, 1.82) is 0 Å². The van der Waals surface area contributed by atoms with Crippen molar-refractivity contribution in [2.45, 2.75) is 19.0 Å². The molecule has 7 heterocycles. The molecule has 0 atom stereocenters. The number of alkyl halides is 3. The summed E-state index contributed by atoms with van der Waals surface area (Å²) in [4.78, 5) is 59.4. The number of carbonyl (C=O) groups excluding carboxylic acids is 4.